The molecule has 1 unspecified atom stereocenters. The third kappa shape index (κ3) is 1.98. The van der Waals surface area contributed by atoms with Gasteiger partial charge in [0.05, 0.1) is 13.2 Å². The standard InChI is InChI=1S/C12H15N3O2/c1-16-9-4-5-15-11(7-9)13-14-12(15)8-10-3-2-6-17-10/h4-5,7,10H,2-3,6,8H2,1H3. The number of aromatic nitrogens is 3. The van der Waals surface area contributed by atoms with Crippen LogP contribution in [0.1, 0.15) is 18.7 Å². The largest absolute Gasteiger partial charge is 0.497 e. The van der Waals surface area contributed by atoms with E-state index < -0.39 is 0 Å². The average molecular weight is 233 g/mol. The Balaban J connectivity index is 1.89. The lowest BCUT2D eigenvalue weighted by molar-refractivity contribution is 0.109. The summed E-state index contributed by atoms with van der Waals surface area (Å²) in [5.74, 6) is 1.75. The number of fused-ring (bicyclic) bond motifs is 1. The van der Waals surface area contributed by atoms with Gasteiger partial charge in [-0.3, -0.25) is 4.40 Å². The van der Waals surface area contributed by atoms with Crippen molar-refractivity contribution in [2.45, 2.75) is 25.4 Å². The molecular formula is C12H15N3O2. The first-order valence-electron chi connectivity index (χ1n) is 5.86. The third-order valence-electron chi connectivity index (χ3n) is 3.12. The number of hydrogen-bond acceptors (Lipinski definition) is 4. The first-order chi connectivity index (χ1) is 8.36. The first kappa shape index (κ1) is 10.5. The molecule has 0 N–H and O–H groups in total. The van der Waals surface area contributed by atoms with E-state index in [2.05, 4.69) is 10.2 Å². The molecular weight excluding hydrogens is 218 g/mol. The fourth-order valence-electron chi connectivity index (χ4n) is 2.20. The molecule has 0 amide bonds. The molecule has 0 aromatic carbocycles. The lowest BCUT2D eigenvalue weighted by Crippen LogP contribution is -2.11. The summed E-state index contributed by atoms with van der Waals surface area (Å²) in [6.07, 6.45) is 5.33. The Morgan fingerprint density at radius 3 is 3.24 bits per heavy atom. The van der Waals surface area contributed by atoms with E-state index in [1.54, 1.807) is 7.11 Å². The lowest BCUT2D eigenvalue weighted by Gasteiger charge is -2.07. The fourth-order valence-corrected chi connectivity index (χ4v) is 2.20. The van der Waals surface area contributed by atoms with Crippen molar-refractivity contribution in [3.8, 4) is 5.75 Å². The molecule has 2 aromatic rings. The number of nitrogens with zero attached hydrogens (tertiary/aromatic N) is 3. The van der Waals surface area contributed by atoms with Crippen molar-refractivity contribution < 1.29 is 9.47 Å². The van der Waals surface area contributed by atoms with Gasteiger partial charge in [0, 0.05) is 25.3 Å². The van der Waals surface area contributed by atoms with E-state index in [1.807, 2.05) is 22.7 Å². The van der Waals surface area contributed by atoms with Crippen LogP contribution in [0.25, 0.3) is 5.65 Å². The fraction of sp³-hybridized carbons (Fsp3) is 0.500. The molecule has 1 aliphatic heterocycles. The van der Waals surface area contributed by atoms with Crippen molar-refractivity contribution in [2.75, 3.05) is 13.7 Å². The average Bonchev–Trinajstić information content (AvgIpc) is 2.99. The molecule has 90 valence electrons. The summed E-state index contributed by atoms with van der Waals surface area (Å²) in [5.41, 5.74) is 0.817. The summed E-state index contributed by atoms with van der Waals surface area (Å²) in [4.78, 5) is 0. The molecule has 5 nitrogen and oxygen atoms in total. The maximum atomic E-state index is 5.61. The number of rotatable bonds is 3. The Kier molecular flexibility index (Phi) is 2.68. The molecule has 1 atom stereocenters. The summed E-state index contributed by atoms with van der Waals surface area (Å²) in [6.45, 7) is 0.870. The zero-order valence-corrected chi connectivity index (χ0v) is 9.80. The minimum absolute atomic E-state index is 0.296. The lowest BCUT2D eigenvalue weighted by atomic mass is 10.2. The predicted molar refractivity (Wildman–Crippen MR) is 62.2 cm³/mol. The van der Waals surface area contributed by atoms with Crippen LogP contribution in [-0.2, 0) is 11.2 Å². The highest BCUT2D eigenvalue weighted by atomic mass is 16.5. The van der Waals surface area contributed by atoms with E-state index in [9.17, 15) is 0 Å². The third-order valence-corrected chi connectivity index (χ3v) is 3.12. The smallest absolute Gasteiger partial charge is 0.164 e. The van der Waals surface area contributed by atoms with Crippen LogP contribution in [0.15, 0.2) is 18.3 Å². The highest BCUT2D eigenvalue weighted by molar-refractivity contribution is 5.44. The Labute approximate surface area is 99.4 Å². The van der Waals surface area contributed by atoms with Crippen molar-refractivity contribution in [1.29, 1.82) is 0 Å². The molecule has 3 rings (SSSR count). The van der Waals surface area contributed by atoms with Gasteiger partial charge in [-0.1, -0.05) is 0 Å². The summed E-state index contributed by atoms with van der Waals surface area (Å²) in [5, 5.41) is 8.36. The van der Waals surface area contributed by atoms with Gasteiger partial charge >= 0.3 is 0 Å². The van der Waals surface area contributed by atoms with Crippen LogP contribution in [0.3, 0.4) is 0 Å². The summed E-state index contributed by atoms with van der Waals surface area (Å²) >= 11 is 0. The Hall–Kier alpha value is -1.62. The first-order valence-corrected chi connectivity index (χ1v) is 5.86. The highest BCUT2D eigenvalue weighted by Crippen LogP contribution is 2.18. The van der Waals surface area contributed by atoms with E-state index in [0.717, 1.165) is 43.1 Å². The van der Waals surface area contributed by atoms with Crippen molar-refractivity contribution in [3.63, 3.8) is 0 Å². The van der Waals surface area contributed by atoms with E-state index in [0.29, 0.717) is 6.10 Å². The van der Waals surface area contributed by atoms with Gasteiger partial charge in [-0.25, -0.2) is 0 Å². The highest BCUT2D eigenvalue weighted by Gasteiger charge is 2.18. The number of hydrogen-bond donors (Lipinski definition) is 0. The Morgan fingerprint density at radius 2 is 2.47 bits per heavy atom. The van der Waals surface area contributed by atoms with Crippen LogP contribution in [0.4, 0.5) is 0 Å². The second-order valence-electron chi connectivity index (χ2n) is 4.25. The number of pyridine rings is 1. The predicted octanol–water partition coefficient (Wildman–Crippen LogP) is 1.46. The number of ether oxygens (including phenoxy) is 2. The summed E-state index contributed by atoms with van der Waals surface area (Å²) < 4.78 is 12.8. The summed E-state index contributed by atoms with van der Waals surface area (Å²) in [6, 6.07) is 3.79. The molecule has 2 aromatic heterocycles. The Morgan fingerprint density at radius 1 is 1.53 bits per heavy atom. The molecule has 0 spiro atoms. The van der Waals surface area contributed by atoms with E-state index in [4.69, 9.17) is 9.47 Å². The van der Waals surface area contributed by atoms with Crippen molar-refractivity contribution >= 4 is 5.65 Å². The molecule has 0 aliphatic carbocycles. The van der Waals surface area contributed by atoms with Crippen molar-refractivity contribution in [2.24, 2.45) is 0 Å². The zero-order chi connectivity index (χ0) is 11.7. The van der Waals surface area contributed by atoms with Crippen LogP contribution >= 0.6 is 0 Å². The molecule has 17 heavy (non-hydrogen) atoms. The van der Waals surface area contributed by atoms with Gasteiger partial charge in [-0.2, -0.15) is 0 Å². The second-order valence-corrected chi connectivity index (χ2v) is 4.25. The molecule has 0 bridgehead atoms. The minimum Gasteiger partial charge on any atom is -0.497 e. The topological polar surface area (TPSA) is 48.7 Å². The van der Waals surface area contributed by atoms with E-state index in [-0.39, 0.29) is 0 Å². The SMILES string of the molecule is COc1ccn2c(CC3CCCO3)nnc2c1. The minimum atomic E-state index is 0.296. The molecule has 5 heteroatoms. The maximum absolute atomic E-state index is 5.61. The zero-order valence-electron chi connectivity index (χ0n) is 9.80. The summed E-state index contributed by atoms with van der Waals surface area (Å²) in [7, 11) is 1.65. The molecule has 1 fully saturated rings. The normalized spacial score (nSPS) is 19.9. The van der Waals surface area contributed by atoms with Gasteiger partial charge < -0.3 is 9.47 Å². The van der Waals surface area contributed by atoms with Gasteiger partial charge in [-0.05, 0) is 18.9 Å². The van der Waals surface area contributed by atoms with Crippen molar-refractivity contribution in [3.05, 3.63) is 24.2 Å². The monoisotopic (exact) mass is 233 g/mol. The van der Waals surface area contributed by atoms with E-state index >= 15 is 0 Å². The van der Waals surface area contributed by atoms with Crippen LogP contribution in [-0.4, -0.2) is 34.4 Å². The molecule has 0 saturated carbocycles. The molecule has 1 saturated heterocycles. The van der Waals surface area contributed by atoms with Gasteiger partial charge in [0.15, 0.2) is 5.65 Å². The van der Waals surface area contributed by atoms with Crippen LogP contribution in [0.5, 0.6) is 5.75 Å². The van der Waals surface area contributed by atoms with Crippen LogP contribution in [0, 0.1) is 0 Å². The van der Waals surface area contributed by atoms with Crippen molar-refractivity contribution in [1.82, 2.24) is 14.6 Å². The van der Waals surface area contributed by atoms with Gasteiger partial charge in [0.1, 0.15) is 11.6 Å². The molecule has 1 aliphatic rings. The van der Waals surface area contributed by atoms with Crippen LogP contribution < -0.4 is 4.74 Å². The van der Waals surface area contributed by atoms with E-state index in [1.165, 1.54) is 0 Å². The second kappa shape index (κ2) is 4.33. The quantitative estimate of drug-likeness (QED) is 0.805. The number of methoxy groups -OCH3 is 1. The van der Waals surface area contributed by atoms with Gasteiger partial charge in [0.25, 0.3) is 0 Å². The van der Waals surface area contributed by atoms with Gasteiger partial charge in [-0.15, -0.1) is 10.2 Å². The Bertz CT molecular complexity index is 517. The maximum Gasteiger partial charge on any atom is 0.164 e. The molecule has 3 heterocycles. The molecule has 0 radical (unpaired) electrons. The van der Waals surface area contributed by atoms with Gasteiger partial charge in [0.2, 0.25) is 0 Å². The van der Waals surface area contributed by atoms with Crippen LogP contribution in [0.2, 0.25) is 0 Å².